The van der Waals surface area contributed by atoms with E-state index in [2.05, 4.69) is 0 Å². The summed E-state index contributed by atoms with van der Waals surface area (Å²) in [5, 5.41) is 0. The lowest BCUT2D eigenvalue weighted by atomic mass is 15.9. The highest BCUT2D eigenvalue weighted by Gasteiger charge is 1.72. The fourth-order valence-electron chi connectivity index (χ4n) is 0. The highest BCUT2D eigenvalue weighted by Crippen LogP contribution is 2.10. The van der Waals surface area contributed by atoms with E-state index in [0.29, 0.717) is 0 Å². The van der Waals surface area contributed by atoms with Gasteiger partial charge in [0.15, 0.2) is 0 Å². The van der Waals surface area contributed by atoms with Gasteiger partial charge in [-0.05, 0) is 0 Å². The van der Waals surface area contributed by atoms with E-state index in [9.17, 15) is 0 Å². The summed E-state index contributed by atoms with van der Waals surface area (Å²) in [6.45, 7) is 0. The average Bonchev–Trinajstić information content (AvgIpc) is 0.811. The van der Waals surface area contributed by atoms with Crippen LogP contribution in [0.1, 0.15) is 0 Å². The molecule has 0 saturated heterocycles. The second-order valence-corrected chi connectivity index (χ2v) is 2.81. The molecule has 0 aliphatic rings. The molecule has 0 aromatic carbocycles. The lowest BCUT2D eigenvalue weighted by molar-refractivity contribution is 0.504. The molecular weight excluding hydrogens is 90.0 g/mol. The van der Waals surface area contributed by atoms with E-state index in [0.717, 1.165) is 0 Å². The van der Waals surface area contributed by atoms with Crippen LogP contribution < -0.4 is 0 Å². The van der Waals surface area contributed by atoms with Gasteiger partial charge >= 0.3 is 15.8 Å². The Balaban J connectivity index is 2.32. The monoisotopic (exact) mass is 93.0 g/mol. The van der Waals surface area contributed by atoms with Crippen LogP contribution in [0.5, 0.6) is 0 Å². The van der Waals surface area contributed by atoms with Gasteiger partial charge in [-0.1, -0.05) is 0 Å². The van der Waals surface area contributed by atoms with Crippen LogP contribution in [0.25, 0.3) is 0 Å². The van der Waals surface area contributed by atoms with Crippen molar-refractivity contribution in [3.05, 3.63) is 0 Å². The Morgan fingerprint density at radius 1 is 1.50 bits per heavy atom. The van der Waals surface area contributed by atoms with Gasteiger partial charge in [0.05, 0.1) is 0 Å². The molecule has 0 fully saturated rings. The lowest BCUT2D eigenvalue weighted by Gasteiger charge is -1.81. The van der Waals surface area contributed by atoms with Crippen molar-refractivity contribution < 1.29 is 9.79 Å². The fourth-order valence-corrected chi connectivity index (χ4v) is 0. The Labute approximate surface area is 33.4 Å². The first kappa shape index (κ1) is 4.88. The molecule has 0 aromatic rings. The maximum Gasteiger partial charge on any atom is 0.311 e. The van der Waals surface area contributed by atoms with Crippen molar-refractivity contribution in [2.24, 2.45) is 0 Å². The topological polar surface area (TPSA) is 40.5 Å². The molecule has 0 bridgehead atoms. The normalized spacial score (nSPS) is 8.75. The molecule has 2 nitrogen and oxygen atoms in total. The molecule has 0 amide bonds. The summed E-state index contributed by atoms with van der Waals surface area (Å²) in [6.07, 6.45) is 0. The summed E-state index contributed by atoms with van der Waals surface area (Å²) in [4.78, 5) is 15.4. The molecule has 1 radical (unpaired) electrons. The predicted octanol–water partition coefficient (Wildman–Crippen LogP) is -0.901. The molecule has 0 aromatic heterocycles. The van der Waals surface area contributed by atoms with E-state index in [1.807, 2.05) is 0 Å². The Hall–Kier alpha value is 0.882. The van der Waals surface area contributed by atoms with Crippen LogP contribution in [0.2, 0.25) is 0 Å². The Kier molecular flexibility index (Phi) is 2.61. The first-order valence-corrected chi connectivity index (χ1v) is 4.05. The standard InChI is InChI=1S/Al.H2O2P.H/c;1-3-2;/h;1-2H;/q+1;-1;. The highest BCUT2D eigenvalue weighted by atomic mass is 31.3. The van der Waals surface area contributed by atoms with Crippen molar-refractivity contribution in [2.45, 2.75) is 0 Å². The molecule has 0 unspecified atom stereocenters. The van der Waals surface area contributed by atoms with E-state index in [-0.39, 0.29) is 0 Å². The summed E-state index contributed by atoms with van der Waals surface area (Å²) in [5.74, 6) is 0. The molecule has 4 heteroatoms. The minimum atomic E-state index is -1.59. The van der Waals surface area contributed by atoms with Crippen LogP contribution in [-0.4, -0.2) is 25.6 Å². The molecule has 0 aliphatic carbocycles. The molecule has 0 spiro atoms. The van der Waals surface area contributed by atoms with E-state index in [1.54, 1.807) is 0 Å². The van der Waals surface area contributed by atoms with Crippen LogP contribution in [0.3, 0.4) is 0 Å². The maximum atomic E-state index is 7.69. The van der Waals surface area contributed by atoms with Crippen molar-refractivity contribution in [1.82, 2.24) is 0 Å². The summed E-state index contributed by atoms with van der Waals surface area (Å²) in [6, 6.07) is 0. The number of hydrogen-bond donors (Lipinski definition) is 2. The van der Waals surface area contributed by atoms with Crippen molar-refractivity contribution in [1.29, 1.82) is 0 Å². The molecular formula is H3AlO2P. The van der Waals surface area contributed by atoms with E-state index >= 15 is 0 Å². The molecule has 0 aliphatic heterocycles. The van der Waals surface area contributed by atoms with Gasteiger partial charge in [0.25, 0.3) is 0 Å². The largest absolute Gasteiger partial charge is 0.366 e. The van der Waals surface area contributed by atoms with Crippen LogP contribution in [0.4, 0.5) is 0 Å². The zero-order chi connectivity index (χ0) is 3.58. The van der Waals surface area contributed by atoms with Gasteiger partial charge < -0.3 is 9.79 Å². The third-order valence-corrected chi connectivity index (χ3v) is 0. The quantitative estimate of drug-likeness (QED) is 0.301. The minimum absolute atomic E-state index is 1.18. The lowest BCUT2D eigenvalue weighted by Crippen LogP contribution is -1.56. The maximum absolute atomic E-state index is 7.69. The van der Waals surface area contributed by atoms with Gasteiger partial charge in [-0.3, -0.25) is 0 Å². The van der Waals surface area contributed by atoms with Crippen molar-refractivity contribution >= 4 is 22.9 Å². The molecule has 2 N–H and O–H groups in total. The Bertz CT molecular complexity index is 10.8. The molecule has 0 heterocycles. The second-order valence-electron chi connectivity index (χ2n) is 0.372. The summed E-state index contributed by atoms with van der Waals surface area (Å²) in [5.41, 5.74) is 0. The summed E-state index contributed by atoms with van der Waals surface area (Å²) < 4.78 is 0. The highest BCUT2D eigenvalue weighted by molar-refractivity contribution is 7.72. The third-order valence-electron chi connectivity index (χ3n) is 0. The van der Waals surface area contributed by atoms with Crippen LogP contribution >= 0.6 is 7.02 Å². The minimum Gasteiger partial charge on any atom is -0.366 e. The van der Waals surface area contributed by atoms with Gasteiger partial charge in [-0.15, -0.1) is 0 Å². The van der Waals surface area contributed by atoms with Crippen molar-refractivity contribution in [3.8, 4) is 0 Å². The van der Waals surface area contributed by atoms with Crippen molar-refractivity contribution in [2.75, 3.05) is 0 Å². The zero-order valence-corrected chi connectivity index (χ0v) is 4.36. The Morgan fingerprint density at radius 3 is 1.50 bits per heavy atom. The smallest absolute Gasteiger partial charge is 0.311 e. The first-order valence-electron chi connectivity index (χ1n) is 0.716. The molecule has 23 valence electrons. The van der Waals surface area contributed by atoms with E-state index in [1.165, 1.54) is 15.8 Å². The predicted molar refractivity (Wildman–Crippen MR) is 18.5 cm³/mol. The van der Waals surface area contributed by atoms with Gasteiger partial charge in [-0.25, -0.2) is 0 Å². The second kappa shape index (κ2) is 2.14. The van der Waals surface area contributed by atoms with Crippen LogP contribution in [-0.2, 0) is 0 Å². The number of hydrogen-bond acceptors (Lipinski definition) is 2. The summed E-state index contributed by atoms with van der Waals surface area (Å²) in [7, 11) is -1.59. The SMILES string of the molecule is O[P](O)[AlH]. The molecule has 4 heavy (non-hydrogen) atoms. The third kappa shape index (κ3) is 13.1. The Morgan fingerprint density at radius 2 is 1.50 bits per heavy atom. The van der Waals surface area contributed by atoms with Gasteiger partial charge in [-0.2, -0.15) is 0 Å². The fraction of sp³-hybridized carbons (Fsp3) is 0. The zero-order valence-electron chi connectivity index (χ0n) is 2.05. The molecule has 0 rings (SSSR count). The van der Waals surface area contributed by atoms with Crippen molar-refractivity contribution in [3.63, 3.8) is 0 Å². The average molecular weight is 93.0 g/mol. The van der Waals surface area contributed by atoms with Gasteiger partial charge in [0.1, 0.15) is 0 Å². The molecule has 0 atom stereocenters. The molecule has 0 saturated carbocycles. The van der Waals surface area contributed by atoms with E-state index < -0.39 is 7.02 Å². The van der Waals surface area contributed by atoms with Gasteiger partial charge in [0, 0.05) is 7.02 Å². The van der Waals surface area contributed by atoms with E-state index in [4.69, 9.17) is 9.79 Å². The number of rotatable bonds is 0. The summed E-state index contributed by atoms with van der Waals surface area (Å²) >= 11 is 1.18. The first-order chi connectivity index (χ1) is 1.73. The van der Waals surface area contributed by atoms with Crippen LogP contribution in [0, 0.1) is 0 Å². The van der Waals surface area contributed by atoms with Gasteiger partial charge in [0.2, 0.25) is 0 Å². The van der Waals surface area contributed by atoms with Crippen LogP contribution in [0.15, 0.2) is 0 Å².